The van der Waals surface area contributed by atoms with Crippen LogP contribution in [0.2, 0.25) is 0 Å². The number of aliphatic hydroxyl groups is 1. The van der Waals surface area contributed by atoms with E-state index in [0.717, 1.165) is 17.0 Å². The number of para-hydroxylation sites is 2. The number of sulfonamides is 1. The van der Waals surface area contributed by atoms with Gasteiger partial charge in [-0.3, -0.25) is 19.7 Å². The zero-order valence-corrected chi connectivity index (χ0v) is 15.7. The van der Waals surface area contributed by atoms with Gasteiger partial charge in [0.25, 0.3) is 15.7 Å². The SMILES string of the molecule is C[C@H](CO)N(Cc1ccccc1NS(=O)(=O)c1ccccc1[N+](=O)[O-])C(=O)O. The molecule has 2 rings (SSSR count). The average Bonchev–Trinajstić information content (AvgIpc) is 2.66. The highest BCUT2D eigenvalue weighted by Gasteiger charge is 2.27. The molecule has 150 valence electrons. The van der Waals surface area contributed by atoms with Crippen molar-refractivity contribution in [2.24, 2.45) is 0 Å². The summed E-state index contributed by atoms with van der Waals surface area (Å²) >= 11 is 0. The van der Waals surface area contributed by atoms with Gasteiger partial charge < -0.3 is 10.2 Å². The number of carbonyl (C=O) groups is 1. The number of nitro groups is 1. The number of carboxylic acid groups (broad SMARTS) is 1. The number of hydrogen-bond acceptors (Lipinski definition) is 6. The lowest BCUT2D eigenvalue weighted by Gasteiger charge is -2.26. The van der Waals surface area contributed by atoms with Gasteiger partial charge >= 0.3 is 6.09 Å². The lowest BCUT2D eigenvalue weighted by molar-refractivity contribution is -0.387. The maximum Gasteiger partial charge on any atom is 0.407 e. The Bertz CT molecular complexity index is 978. The van der Waals surface area contributed by atoms with Gasteiger partial charge in [-0.05, 0) is 24.6 Å². The minimum atomic E-state index is -4.30. The van der Waals surface area contributed by atoms with Crippen molar-refractivity contribution in [2.45, 2.75) is 24.4 Å². The van der Waals surface area contributed by atoms with Crippen LogP contribution in [0.4, 0.5) is 16.2 Å². The molecule has 0 heterocycles. The number of nitrogens with one attached hydrogen (secondary N) is 1. The number of nitrogens with zero attached hydrogens (tertiary/aromatic N) is 2. The van der Waals surface area contributed by atoms with E-state index in [4.69, 9.17) is 0 Å². The van der Waals surface area contributed by atoms with Gasteiger partial charge in [0.1, 0.15) is 0 Å². The molecule has 2 aromatic rings. The second-order valence-electron chi connectivity index (χ2n) is 5.93. The Balaban J connectivity index is 2.40. The molecule has 0 saturated carbocycles. The Morgan fingerprint density at radius 2 is 1.82 bits per heavy atom. The summed E-state index contributed by atoms with van der Waals surface area (Å²) in [7, 11) is -4.30. The highest BCUT2D eigenvalue weighted by molar-refractivity contribution is 7.92. The first-order valence-electron chi connectivity index (χ1n) is 8.12. The predicted octanol–water partition coefficient (Wildman–Crippen LogP) is 2.26. The Morgan fingerprint density at radius 3 is 2.43 bits per heavy atom. The molecule has 0 unspecified atom stereocenters. The Morgan fingerprint density at radius 1 is 1.21 bits per heavy atom. The van der Waals surface area contributed by atoms with Crippen molar-refractivity contribution in [2.75, 3.05) is 11.3 Å². The number of hydrogen-bond donors (Lipinski definition) is 3. The lowest BCUT2D eigenvalue weighted by atomic mass is 10.1. The molecule has 0 aromatic heterocycles. The Kier molecular flexibility index (Phi) is 6.54. The maximum atomic E-state index is 12.7. The second kappa shape index (κ2) is 8.67. The Labute approximate surface area is 161 Å². The summed E-state index contributed by atoms with van der Waals surface area (Å²) in [6, 6.07) is 10.3. The van der Waals surface area contributed by atoms with Gasteiger partial charge in [0, 0.05) is 6.07 Å². The van der Waals surface area contributed by atoms with Crippen molar-refractivity contribution < 1.29 is 28.3 Å². The van der Waals surface area contributed by atoms with E-state index in [1.54, 1.807) is 12.1 Å². The molecule has 0 aliphatic heterocycles. The fraction of sp³-hybridized carbons (Fsp3) is 0.235. The number of rotatable bonds is 8. The second-order valence-corrected chi connectivity index (χ2v) is 7.58. The first kappa shape index (κ1) is 21.1. The van der Waals surface area contributed by atoms with Crippen molar-refractivity contribution in [1.82, 2.24) is 4.90 Å². The van der Waals surface area contributed by atoms with Crippen LogP contribution in [0.25, 0.3) is 0 Å². The number of anilines is 1. The number of aliphatic hydroxyl groups excluding tert-OH is 1. The van der Waals surface area contributed by atoms with Gasteiger partial charge in [-0.25, -0.2) is 13.2 Å². The highest BCUT2D eigenvalue weighted by Crippen LogP contribution is 2.27. The molecular formula is C17H19N3O7S. The fourth-order valence-electron chi connectivity index (χ4n) is 2.49. The monoisotopic (exact) mass is 409 g/mol. The summed E-state index contributed by atoms with van der Waals surface area (Å²) in [6.45, 7) is 0.914. The summed E-state index contributed by atoms with van der Waals surface area (Å²) in [6.07, 6.45) is -1.28. The summed E-state index contributed by atoms with van der Waals surface area (Å²) in [5, 5.41) is 29.7. The minimum Gasteiger partial charge on any atom is -0.465 e. The van der Waals surface area contributed by atoms with Crippen LogP contribution in [0, 0.1) is 10.1 Å². The summed E-state index contributed by atoms with van der Waals surface area (Å²) in [4.78, 5) is 22.2. The topological polar surface area (TPSA) is 150 Å². The molecule has 11 heteroatoms. The molecule has 0 bridgehead atoms. The van der Waals surface area contributed by atoms with Gasteiger partial charge in [0.2, 0.25) is 0 Å². The van der Waals surface area contributed by atoms with E-state index in [9.17, 15) is 33.5 Å². The van der Waals surface area contributed by atoms with Crippen LogP contribution >= 0.6 is 0 Å². The standard InChI is InChI=1S/C17H19N3O7S/c1-12(11-21)19(17(22)23)10-13-6-2-3-7-14(13)18-28(26,27)16-9-5-4-8-15(16)20(24)25/h2-9,12,18,21H,10-11H2,1H3,(H,22,23)/t12-/m1/s1. The van der Waals surface area contributed by atoms with Gasteiger partial charge in [-0.2, -0.15) is 0 Å². The zero-order chi connectivity index (χ0) is 20.9. The van der Waals surface area contributed by atoms with Gasteiger partial charge in [0.15, 0.2) is 4.90 Å². The smallest absolute Gasteiger partial charge is 0.407 e. The van der Waals surface area contributed by atoms with Crippen molar-refractivity contribution >= 4 is 27.5 Å². The molecule has 0 spiro atoms. The molecule has 0 radical (unpaired) electrons. The predicted molar refractivity (Wildman–Crippen MR) is 100 cm³/mol. The van der Waals surface area contributed by atoms with Crippen molar-refractivity contribution in [3.63, 3.8) is 0 Å². The molecule has 1 atom stereocenters. The van der Waals surface area contributed by atoms with Crippen LogP contribution in [0.3, 0.4) is 0 Å². The first-order valence-corrected chi connectivity index (χ1v) is 9.60. The van der Waals surface area contributed by atoms with Crippen LogP contribution in [-0.4, -0.2) is 47.2 Å². The lowest BCUT2D eigenvalue weighted by Crippen LogP contribution is -2.39. The first-order chi connectivity index (χ1) is 13.2. The Hall–Kier alpha value is -3.18. The molecule has 0 saturated heterocycles. The normalized spacial score (nSPS) is 12.2. The maximum absolute atomic E-state index is 12.7. The molecule has 0 aliphatic rings. The molecular weight excluding hydrogens is 390 g/mol. The minimum absolute atomic E-state index is 0.0806. The van der Waals surface area contributed by atoms with Crippen LogP contribution in [0.5, 0.6) is 0 Å². The third-order valence-electron chi connectivity index (χ3n) is 4.00. The third-order valence-corrected chi connectivity index (χ3v) is 5.41. The van der Waals surface area contributed by atoms with E-state index < -0.39 is 44.3 Å². The summed E-state index contributed by atoms with van der Waals surface area (Å²) < 4.78 is 27.7. The summed E-state index contributed by atoms with van der Waals surface area (Å²) in [5.41, 5.74) is -0.169. The third kappa shape index (κ3) is 4.75. The molecule has 1 amide bonds. The van der Waals surface area contributed by atoms with Crippen molar-refractivity contribution in [1.29, 1.82) is 0 Å². The van der Waals surface area contributed by atoms with E-state index in [-0.39, 0.29) is 12.2 Å². The largest absolute Gasteiger partial charge is 0.465 e. The number of amides is 1. The van der Waals surface area contributed by atoms with Gasteiger partial charge in [0.05, 0.1) is 29.8 Å². The van der Waals surface area contributed by atoms with E-state index >= 15 is 0 Å². The van der Waals surface area contributed by atoms with Crippen molar-refractivity contribution in [3.05, 3.63) is 64.2 Å². The highest BCUT2D eigenvalue weighted by atomic mass is 32.2. The zero-order valence-electron chi connectivity index (χ0n) is 14.8. The van der Waals surface area contributed by atoms with Crippen LogP contribution in [0.15, 0.2) is 53.4 Å². The van der Waals surface area contributed by atoms with Crippen LogP contribution < -0.4 is 4.72 Å². The quantitative estimate of drug-likeness (QED) is 0.447. The van der Waals surface area contributed by atoms with Crippen LogP contribution in [-0.2, 0) is 16.6 Å². The molecule has 0 aliphatic carbocycles. The molecule has 10 nitrogen and oxygen atoms in total. The van der Waals surface area contributed by atoms with Gasteiger partial charge in [-0.15, -0.1) is 0 Å². The van der Waals surface area contributed by atoms with Crippen LogP contribution in [0.1, 0.15) is 12.5 Å². The van der Waals surface area contributed by atoms with E-state index in [1.807, 2.05) is 0 Å². The van der Waals surface area contributed by atoms with E-state index in [1.165, 1.54) is 31.2 Å². The molecule has 28 heavy (non-hydrogen) atoms. The van der Waals surface area contributed by atoms with E-state index in [0.29, 0.717) is 5.56 Å². The average molecular weight is 409 g/mol. The summed E-state index contributed by atoms with van der Waals surface area (Å²) in [5.74, 6) is 0. The van der Waals surface area contributed by atoms with Crippen molar-refractivity contribution in [3.8, 4) is 0 Å². The fourth-order valence-corrected chi connectivity index (χ4v) is 3.76. The molecule has 3 N–H and O–H groups in total. The number of nitro benzene ring substituents is 1. The van der Waals surface area contributed by atoms with Gasteiger partial charge in [-0.1, -0.05) is 30.3 Å². The molecule has 0 fully saturated rings. The van der Waals surface area contributed by atoms with E-state index in [2.05, 4.69) is 4.72 Å². The number of benzene rings is 2. The molecule has 2 aromatic carbocycles.